The first-order valence-electron chi connectivity index (χ1n) is 7.05. The van der Waals surface area contributed by atoms with Crippen molar-refractivity contribution in [3.8, 4) is 6.07 Å². The van der Waals surface area contributed by atoms with Gasteiger partial charge >= 0.3 is 0 Å². The van der Waals surface area contributed by atoms with Gasteiger partial charge in [-0.25, -0.2) is 4.98 Å². The van der Waals surface area contributed by atoms with Crippen LogP contribution in [0.25, 0.3) is 0 Å². The van der Waals surface area contributed by atoms with Gasteiger partial charge in [-0.1, -0.05) is 31.4 Å². The normalized spacial score (nSPS) is 22.8. The van der Waals surface area contributed by atoms with Gasteiger partial charge in [0.25, 0.3) is 0 Å². The van der Waals surface area contributed by atoms with Gasteiger partial charge in [-0.15, -0.1) is 0 Å². The van der Waals surface area contributed by atoms with Gasteiger partial charge < -0.3 is 5.32 Å². The van der Waals surface area contributed by atoms with E-state index in [1.165, 1.54) is 38.5 Å². The Morgan fingerprint density at radius 1 is 1.37 bits per heavy atom. The molecule has 0 unspecified atom stereocenters. The molecule has 0 radical (unpaired) electrons. The standard InChI is InChI=1S/C15H20ClN3/c1-2-3-11-4-6-13(7-5-11)18-15-9-12(10-17)8-14(16)19-15/h8-9,11,13H,2-7H2,1H3,(H,18,19). The van der Waals surface area contributed by atoms with E-state index in [1.54, 1.807) is 12.1 Å². The summed E-state index contributed by atoms with van der Waals surface area (Å²) in [6.07, 6.45) is 7.57. The zero-order valence-corrected chi connectivity index (χ0v) is 12.1. The van der Waals surface area contributed by atoms with Crippen LogP contribution in [0.3, 0.4) is 0 Å². The average Bonchev–Trinajstić information content (AvgIpc) is 2.40. The lowest BCUT2D eigenvalue weighted by Crippen LogP contribution is -2.26. The molecule has 0 spiro atoms. The fourth-order valence-electron chi connectivity index (χ4n) is 2.85. The Morgan fingerprint density at radius 2 is 2.11 bits per heavy atom. The Balaban J connectivity index is 1.92. The largest absolute Gasteiger partial charge is 0.367 e. The molecule has 102 valence electrons. The SMILES string of the molecule is CCCC1CCC(Nc2cc(C#N)cc(Cl)n2)CC1. The van der Waals surface area contributed by atoms with Crippen LogP contribution in [0.1, 0.15) is 51.0 Å². The molecule has 4 heteroatoms. The predicted octanol–water partition coefficient (Wildman–Crippen LogP) is 4.38. The van der Waals surface area contributed by atoms with Crippen LogP contribution < -0.4 is 5.32 Å². The molecule has 1 heterocycles. The Morgan fingerprint density at radius 3 is 2.74 bits per heavy atom. The van der Waals surface area contributed by atoms with Crippen molar-refractivity contribution in [1.29, 1.82) is 5.26 Å². The summed E-state index contributed by atoms with van der Waals surface area (Å²) < 4.78 is 0. The zero-order valence-electron chi connectivity index (χ0n) is 11.3. The minimum atomic E-state index is 0.376. The molecule has 0 saturated heterocycles. The molecule has 1 fully saturated rings. The number of pyridine rings is 1. The summed E-state index contributed by atoms with van der Waals surface area (Å²) in [4.78, 5) is 4.23. The molecule has 1 aliphatic rings. The summed E-state index contributed by atoms with van der Waals surface area (Å²) >= 11 is 5.91. The fourth-order valence-corrected chi connectivity index (χ4v) is 3.06. The summed E-state index contributed by atoms with van der Waals surface area (Å²) in [5.74, 6) is 1.62. The molecule has 0 bridgehead atoms. The van der Waals surface area contributed by atoms with Gasteiger partial charge in [0.2, 0.25) is 0 Å². The molecule has 1 aromatic heterocycles. The van der Waals surface area contributed by atoms with Gasteiger partial charge in [0.15, 0.2) is 0 Å². The zero-order chi connectivity index (χ0) is 13.7. The van der Waals surface area contributed by atoms with Crippen molar-refractivity contribution in [2.75, 3.05) is 5.32 Å². The number of hydrogen-bond donors (Lipinski definition) is 1. The number of aromatic nitrogens is 1. The number of nitriles is 1. The molecule has 0 atom stereocenters. The van der Waals surface area contributed by atoms with Gasteiger partial charge in [0.1, 0.15) is 11.0 Å². The summed E-state index contributed by atoms with van der Waals surface area (Å²) in [6, 6.07) is 5.92. The smallest absolute Gasteiger partial charge is 0.132 e. The van der Waals surface area contributed by atoms with Crippen molar-refractivity contribution in [2.24, 2.45) is 5.92 Å². The third-order valence-electron chi connectivity index (χ3n) is 3.82. The van der Waals surface area contributed by atoms with E-state index in [9.17, 15) is 0 Å². The van der Waals surface area contributed by atoms with E-state index >= 15 is 0 Å². The first kappa shape index (κ1) is 14.1. The highest BCUT2D eigenvalue weighted by Gasteiger charge is 2.20. The molecule has 1 aliphatic carbocycles. The number of anilines is 1. The molecule has 0 amide bonds. The molecule has 0 aromatic carbocycles. The van der Waals surface area contributed by atoms with Gasteiger partial charge in [-0.2, -0.15) is 5.26 Å². The lowest BCUT2D eigenvalue weighted by molar-refractivity contribution is 0.318. The number of nitrogens with zero attached hydrogens (tertiary/aromatic N) is 2. The Labute approximate surface area is 120 Å². The minimum absolute atomic E-state index is 0.376. The first-order valence-corrected chi connectivity index (χ1v) is 7.43. The van der Waals surface area contributed by atoms with E-state index in [2.05, 4.69) is 23.3 Å². The number of rotatable bonds is 4. The second-order valence-electron chi connectivity index (χ2n) is 5.33. The predicted molar refractivity (Wildman–Crippen MR) is 78.2 cm³/mol. The first-order chi connectivity index (χ1) is 9.21. The van der Waals surface area contributed by atoms with Crippen molar-refractivity contribution in [2.45, 2.75) is 51.5 Å². The fraction of sp³-hybridized carbons (Fsp3) is 0.600. The van der Waals surface area contributed by atoms with E-state index < -0.39 is 0 Å². The summed E-state index contributed by atoms with van der Waals surface area (Å²) in [5.41, 5.74) is 0.558. The maximum absolute atomic E-state index is 8.92. The molecular formula is C15H20ClN3. The number of halogens is 1. The van der Waals surface area contributed by atoms with Crippen LogP contribution in [0.5, 0.6) is 0 Å². The molecule has 1 aromatic rings. The summed E-state index contributed by atoms with van der Waals surface area (Å²) in [5, 5.41) is 12.7. The average molecular weight is 278 g/mol. The Hall–Kier alpha value is -1.27. The highest BCUT2D eigenvalue weighted by molar-refractivity contribution is 6.29. The lowest BCUT2D eigenvalue weighted by atomic mass is 9.83. The van der Waals surface area contributed by atoms with Crippen LogP contribution in [0, 0.1) is 17.2 Å². The van der Waals surface area contributed by atoms with E-state index in [4.69, 9.17) is 16.9 Å². The summed E-state index contributed by atoms with van der Waals surface area (Å²) in [6.45, 7) is 2.25. The molecule has 1 N–H and O–H groups in total. The molecule has 0 aliphatic heterocycles. The monoisotopic (exact) mass is 277 g/mol. The van der Waals surface area contributed by atoms with Crippen LogP contribution >= 0.6 is 11.6 Å². The van der Waals surface area contributed by atoms with Gasteiger partial charge in [-0.3, -0.25) is 0 Å². The van der Waals surface area contributed by atoms with Crippen LogP contribution in [-0.4, -0.2) is 11.0 Å². The third kappa shape index (κ3) is 4.11. The van der Waals surface area contributed by atoms with E-state index in [0.717, 1.165) is 11.7 Å². The quantitative estimate of drug-likeness (QED) is 0.831. The van der Waals surface area contributed by atoms with Crippen molar-refractivity contribution in [1.82, 2.24) is 4.98 Å². The topological polar surface area (TPSA) is 48.7 Å². The van der Waals surface area contributed by atoms with Crippen molar-refractivity contribution >= 4 is 17.4 Å². The Bertz CT molecular complexity index is 459. The highest BCUT2D eigenvalue weighted by Crippen LogP contribution is 2.29. The maximum Gasteiger partial charge on any atom is 0.132 e. The number of hydrogen-bond acceptors (Lipinski definition) is 3. The van der Waals surface area contributed by atoms with Crippen LogP contribution in [0.15, 0.2) is 12.1 Å². The van der Waals surface area contributed by atoms with Gasteiger partial charge in [0, 0.05) is 6.04 Å². The van der Waals surface area contributed by atoms with E-state index in [1.807, 2.05) is 0 Å². The van der Waals surface area contributed by atoms with E-state index in [-0.39, 0.29) is 0 Å². The molecular weight excluding hydrogens is 258 g/mol. The molecule has 19 heavy (non-hydrogen) atoms. The van der Waals surface area contributed by atoms with Crippen LogP contribution in [0.2, 0.25) is 5.15 Å². The van der Waals surface area contributed by atoms with Crippen molar-refractivity contribution in [3.05, 3.63) is 22.8 Å². The van der Waals surface area contributed by atoms with Crippen LogP contribution in [-0.2, 0) is 0 Å². The maximum atomic E-state index is 8.92. The Kier molecular flexibility index (Phi) is 5.04. The van der Waals surface area contributed by atoms with E-state index in [0.29, 0.717) is 16.8 Å². The molecule has 3 nitrogen and oxygen atoms in total. The minimum Gasteiger partial charge on any atom is -0.367 e. The number of nitrogens with one attached hydrogen (secondary N) is 1. The third-order valence-corrected chi connectivity index (χ3v) is 4.01. The van der Waals surface area contributed by atoms with Gasteiger partial charge in [0.05, 0.1) is 11.6 Å². The summed E-state index contributed by atoms with van der Waals surface area (Å²) in [7, 11) is 0. The van der Waals surface area contributed by atoms with Crippen molar-refractivity contribution < 1.29 is 0 Å². The van der Waals surface area contributed by atoms with Crippen molar-refractivity contribution in [3.63, 3.8) is 0 Å². The van der Waals surface area contributed by atoms with Crippen LogP contribution in [0.4, 0.5) is 5.82 Å². The second-order valence-corrected chi connectivity index (χ2v) is 5.71. The lowest BCUT2D eigenvalue weighted by Gasteiger charge is -2.29. The molecule has 2 rings (SSSR count). The van der Waals surface area contributed by atoms with Gasteiger partial charge in [-0.05, 0) is 43.7 Å². The molecule has 1 saturated carbocycles. The highest BCUT2D eigenvalue weighted by atomic mass is 35.5. The second kappa shape index (κ2) is 6.77.